The summed E-state index contributed by atoms with van der Waals surface area (Å²) in [5.41, 5.74) is 0. The molecule has 1 aromatic heterocycles. The highest BCUT2D eigenvalue weighted by atomic mass is 79.9. The van der Waals surface area contributed by atoms with Crippen LogP contribution in [-0.2, 0) is 4.79 Å². The molecule has 6 heteroatoms. The molecule has 4 nitrogen and oxygen atoms in total. The van der Waals surface area contributed by atoms with E-state index in [1.54, 1.807) is 6.20 Å². The average molecular weight is 396 g/mol. The van der Waals surface area contributed by atoms with Crippen molar-refractivity contribution in [2.24, 2.45) is 17.8 Å². The van der Waals surface area contributed by atoms with Gasteiger partial charge in [0.15, 0.2) is 11.6 Å². The summed E-state index contributed by atoms with van der Waals surface area (Å²) in [4.78, 5) is 21.1. The number of pyridine rings is 1. The smallest absolute Gasteiger partial charge is 0.225 e. The fourth-order valence-electron chi connectivity index (χ4n) is 4.65. The van der Waals surface area contributed by atoms with Gasteiger partial charge in [-0.05, 0) is 59.5 Å². The van der Waals surface area contributed by atoms with E-state index in [-0.39, 0.29) is 11.7 Å². The molecule has 2 atom stereocenters. The Bertz CT molecular complexity index is 621. The van der Waals surface area contributed by atoms with E-state index < -0.39 is 0 Å². The summed E-state index contributed by atoms with van der Waals surface area (Å²) in [7, 11) is 0. The molecule has 2 saturated heterocycles. The van der Waals surface area contributed by atoms with E-state index in [2.05, 4.69) is 25.8 Å². The van der Waals surface area contributed by atoms with Gasteiger partial charge >= 0.3 is 0 Å². The van der Waals surface area contributed by atoms with Gasteiger partial charge in [-0.15, -0.1) is 0 Å². The third-order valence-corrected chi connectivity index (χ3v) is 6.40. The van der Waals surface area contributed by atoms with Gasteiger partial charge in [-0.1, -0.05) is 6.42 Å². The lowest BCUT2D eigenvalue weighted by Gasteiger charge is -2.34. The molecule has 3 aliphatic rings. The number of rotatable bonds is 2. The number of hydrogen-bond acceptors (Lipinski definition) is 3. The Kier molecular flexibility index (Phi) is 4.50. The Hall–Kier alpha value is -1.17. The van der Waals surface area contributed by atoms with E-state index >= 15 is 0 Å². The molecule has 130 valence electrons. The maximum Gasteiger partial charge on any atom is 0.225 e. The molecule has 2 unspecified atom stereocenters. The number of anilines is 1. The highest BCUT2D eigenvalue weighted by Crippen LogP contribution is 2.38. The fraction of sp³-hybridized carbons (Fsp3) is 0.667. The molecule has 2 aliphatic heterocycles. The highest BCUT2D eigenvalue weighted by Gasteiger charge is 2.40. The van der Waals surface area contributed by atoms with Gasteiger partial charge in [0.05, 0.1) is 0 Å². The molecule has 1 saturated carbocycles. The van der Waals surface area contributed by atoms with E-state index in [1.165, 1.54) is 25.3 Å². The molecule has 1 amide bonds. The first-order valence-electron chi connectivity index (χ1n) is 8.96. The summed E-state index contributed by atoms with van der Waals surface area (Å²) in [5, 5.41) is 0. The maximum atomic E-state index is 14.1. The van der Waals surface area contributed by atoms with Crippen LogP contribution < -0.4 is 4.90 Å². The molecule has 0 aromatic carbocycles. The van der Waals surface area contributed by atoms with Gasteiger partial charge in [-0.25, -0.2) is 9.37 Å². The number of amides is 1. The van der Waals surface area contributed by atoms with Crippen molar-refractivity contribution < 1.29 is 9.18 Å². The number of aromatic nitrogens is 1. The molecule has 0 N–H and O–H groups in total. The maximum absolute atomic E-state index is 14.1. The average Bonchev–Trinajstić information content (AvgIpc) is 3.16. The first-order valence-corrected chi connectivity index (χ1v) is 9.76. The fourth-order valence-corrected chi connectivity index (χ4v) is 4.95. The van der Waals surface area contributed by atoms with E-state index in [9.17, 15) is 9.18 Å². The molecule has 0 spiro atoms. The van der Waals surface area contributed by atoms with Crippen LogP contribution in [-0.4, -0.2) is 42.0 Å². The lowest BCUT2D eigenvalue weighted by atomic mass is 9.95. The van der Waals surface area contributed by atoms with Crippen LogP contribution in [0.3, 0.4) is 0 Å². The molecule has 0 bridgehead atoms. The van der Waals surface area contributed by atoms with Gasteiger partial charge in [0.25, 0.3) is 0 Å². The van der Waals surface area contributed by atoms with Gasteiger partial charge in [-0.2, -0.15) is 0 Å². The lowest BCUT2D eigenvalue weighted by Crippen LogP contribution is -2.42. The Morgan fingerprint density at radius 1 is 1.17 bits per heavy atom. The summed E-state index contributed by atoms with van der Waals surface area (Å²) in [6, 6.07) is 1.45. The third kappa shape index (κ3) is 3.05. The first-order chi connectivity index (χ1) is 11.6. The first kappa shape index (κ1) is 16.3. The normalized spacial score (nSPS) is 27.6. The standard InChI is InChI=1S/C18H23BrFN3O/c19-15-8-16(20)17(21-9-15)22-6-4-12(5-7-22)18(24)23-10-13-2-1-3-14(13)11-23/h8-9,12-14H,1-7,10-11H2. The second kappa shape index (κ2) is 6.62. The molecule has 1 aliphatic carbocycles. The molecule has 24 heavy (non-hydrogen) atoms. The van der Waals surface area contributed by atoms with E-state index in [4.69, 9.17) is 0 Å². The van der Waals surface area contributed by atoms with Crippen molar-refractivity contribution in [3.63, 3.8) is 0 Å². The molecular formula is C18H23BrFN3O. The number of carbonyl (C=O) groups is 1. The van der Waals surface area contributed by atoms with Crippen LogP contribution in [0.25, 0.3) is 0 Å². The molecule has 3 fully saturated rings. The lowest BCUT2D eigenvalue weighted by molar-refractivity contribution is -0.135. The zero-order valence-electron chi connectivity index (χ0n) is 13.8. The molecular weight excluding hydrogens is 373 g/mol. The number of hydrogen-bond donors (Lipinski definition) is 0. The molecule has 3 heterocycles. The minimum atomic E-state index is -0.304. The number of nitrogens with zero attached hydrogens (tertiary/aromatic N) is 3. The van der Waals surface area contributed by atoms with Crippen LogP contribution in [0.15, 0.2) is 16.7 Å². The van der Waals surface area contributed by atoms with Crippen molar-refractivity contribution in [1.82, 2.24) is 9.88 Å². The molecule has 0 radical (unpaired) electrons. The van der Waals surface area contributed by atoms with Crippen LogP contribution >= 0.6 is 15.9 Å². The zero-order chi connectivity index (χ0) is 16.7. The van der Waals surface area contributed by atoms with Crippen LogP contribution in [0.1, 0.15) is 32.1 Å². The summed E-state index contributed by atoms with van der Waals surface area (Å²) in [6.07, 6.45) is 7.13. The topological polar surface area (TPSA) is 36.4 Å². The number of halogens is 2. The van der Waals surface area contributed by atoms with Gasteiger partial charge < -0.3 is 9.80 Å². The minimum Gasteiger partial charge on any atom is -0.354 e. The molecule has 1 aromatic rings. The van der Waals surface area contributed by atoms with Crippen molar-refractivity contribution >= 4 is 27.7 Å². The third-order valence-electron chi connectivity index (χ3n) is 5.97. The van der Waals surface area contributed by atoms with Crippen LogP contribution in [0.2, 0.25) is 0 Å². The zero-order valence-corrected chi connectivity index (χ0v) is 15.3. The van der Waals surface area contributed by atoms with Crippen molar-refractivity contribution in [2.45, 2.75) is 32.1 Å². The SMILES string of the molecule is O=C(C1CCN(c2ncc(Br)cc2F)CC1)N1CC2CCCC2C1. The number of carbonyl (C=O) groups excluding carboxylic acids is 1. The Balaban J connectivity index is 1.35. The summed E-state index contributed by atoms with van der Waals surface area (Å²) < 4.78 is 14.7. The quantitative estimate of drug-likeness (QED) is 0.769. The summed E-state index contributed by atoms with van der Waals surface area (Å²) in [5.74, 6) is 2.01. The molecule has 4 rings (SSSR count). The van der Waals surface area contributed by atoms with Gasteiger partial charge in [-0.3, -0.25) is 4.79 Å². The van der Waals surface area contributed by atoms with E-state index in [1.807, 2.05) is 4.90 Å². The highest BCUT2D eigenvalue weighted by molar-refractivity contribution is 9.10. The van der Waals surface area contributed by atoms with E-state index in [0.29, 0.717) is 29.3 Å². The predicted octanol–water partition coefficient (Wildman–Crippen LogP) is 3.46. The Morgan fingerprint density at radius 3 is 2.46 bits per heavy atom. The number of fused-ring (bicyclic) bond motifs is 1. The van der Waals surface area contributed by atoms with Crippen molar-refractivity contribution in [3.8, 4) is 0 Å². The van der Waals surface area contributed by atoms with Gasteiger partial charge in [0.2, 0.25) is 5.91 Å². The number of piperidine rings is 1. The van der Waals surface area contributed by atoms with Crippen molar-refractivity contribution in [3.05, 3.63) is 22.6 Å². The second-order valence-corrected chi connectivity index (χ2v) is 8.33. The van der Waals surface area contributed by atoms with Crippen LogP contribution in [0.4, 0.5) is 10.2 Å². The summed E-state index contributed by atoms with van der Waals surface area (Å²) in [6.45, 7) is 3.32. The minimum absolute atomic E-state index is 0.0959. The van der Waals surface area contributed by atoms with Gasteiger partial charge in [0.1, 0.15) is 0 Å². The number of likely N-dealkylation sites (tertiary alicyclic amines) is 1. The van der Waals surface area contributed by atoms with Crippen molar-refractivity contribution in [2.75, 3.05) is 31.1 Å². The Morgan fingerprint density at radius 2 is 1.83 bits per heavy atom. The monoisotopic (exact) mass is 395 g/mol. The second-order valence-electron chi connectivity index (χ2n) is 7.41. The van der Waals surface area contributed by atoms with Crippen LogP contribution in [0, 0.1) is 23.6 Å². The summed E-state index contributed by atoms with van der Waals surface area (Å²) >= 11 is 3.24. The largest absolute Gasteiger partial charge is 0.354 e. The Labute approximate surface area is 150 Å². The predicted molar refractivity (Wildman–Crippen MR) is 94.2 cm³/mol. The van der Waals surface area contributed by atoms with Gasteiger partial charge in [0, 0.05) is 42.8 Å². The van der Waals surface area contributed by atoms with E-state index in [0.717, 1.165) is 37.8 Å². The van der Waals surface area contributed by atoms with Crippen molar-refractivity contribution in [1.29, 1.82) is 0 Å². The van der Waals surface area contributed by atoms with Crippen LogP contribution in [0.5, 0.6) is 0 Å².